The van der Waals surface area contributed by atoms with Crippen LogP contribution in [0, 0.1) is 0 Å². The van der Waals surface area contributed by atoms with Crippen LogP contribution < -0.4 is 43.3 Å². The van der Waals surface area contributed by atoms with Crippen molar-refractivity contribution in [2.75, 3.05) is 69.8 Å². The van der Waals surface area contributed by atoms with E-state index in [4.69, 9.17) is 42.3 Å². The summed E-state index contributed by atoms with van der Waals surface area (Å²) in [5, 5.41) is 0.436. The molecule has 0 aliphatic carbocycles. The van der Waals surface area contributed by atoms with E-state index in [1.807, 2.05) is 48.5 Å². The molecule has 0 saturated heterocycles. The zero-order valence-electron chi connectivity index (χ0n) is 39.3. The first kappa shape index (κ1) is 45.0. The molecule has 67 heavy (non-hydrogen) atoms. The van der Waals surface area contributed by atoms with Crippen LogP contribution in [0.15, 0.2) is 118 Å². The summed E-state index contributed by atoms with van der Waals surface area (Å²) in [5.41, 5.74) is 8.14. The van der Waals surface area contributed by atoms with Gasteiger partial charge in [-0.2, -0.15) is 0 Å². The smallest absolute Gasteiger partial charge is 0.235 e. The first-order valence-corrected chi connectivity index (χ1v) is 22.4. The summed E-state index contributed by atoms with van der Waals surface area (Å²) in [6.45, 7) is 1.86. The molecule has 0 radical (unpaired) electrons. The number of hydrogen-bond donors (Lipinski definition) is 0. The molecule has 6 bridgehead atoms. The van der Waals surface area contributed by atoms with Crippen molar-refractivity contribution in [1.29, 1.82) is 0 Å². The van der Waals surface area contributed by atoms with E-state index < -0.39 is 0 Å². The van der Waals surface area contributed by atoms with Gasteiger partial charge in [0.2, 0.25) is 16.9 Å². The highest BCUT2D eigenvalue weighted by molar-refractivity contribution is 5.86. The molecular formula is C55H56N2O10. The predicted molar refractivity (Wildman–Crippen MR) is 259 cm³/mol. The van der Waals surface area contributed by atoms with Gasteiger partial charge in [0, 0.05) is 36.3 Å². The molecule has 0 spiro atoms. The summed E-state index contributed by atoms with van der Waals surface area (Å²) in [6.07, 6.45) is 3.37. The van der Waals surface area contributed by atoms with Crippen molar-refractivity contribution in [3.63, 3.8) is 0 Å². The highest BCUT2D eigenvalue weighted by Gasteiger charge is 2.35. The molecule has 7 aromatic rings. The Morgan fingerprint density at radius 3 is 1.90 bits per heavy atom. The average molecular weight is 905 g/mol. The highest BCUT2D eigenvalue weighted by Crippen LogP contribution is 2.52. The normalized spacial score (nSPS) is 16.5. The van der Waals surface area contributed by atoms with Crippen LogP contribution in [0.2, 0.25) is 0 Å². The van der Waals surface area contributed by atoms with E-state index >= 15 is 0 Å². The van der Waals surface area contributed by atoms with Crippen LogP contribution in [0.4, 0.5) is 0 Å². The third-order valence-electron chi connectivity index (χ3n) is 13.1. The van der Waals surface area contributed by atoms with Crippen LogP contribution in [0.5, 0.6) is 57.5 Å². The van der Waals surface area contributed by atoms with Crippen LogP contribution in [0.1, 0.15) is 45.5 Å². The fourth-order valence-electron chi connectivity index (χ4n) is 9.57. The van der Waals surface area contributed by atoms with Crippen molar-refractivity contribution in [3.05, 3.63) is 153 Å². The number of benzene rings is 6. The minimum atomic E-state index is -0.212. The first-order valence-electron chi connectivity index (χ1n) is 22.4. The molecule has 6 aromatic carbocycles. The van der Waals surface area contributed by atoms with Gasteiger partial charge < -0.3 is 42.3 Å². The van der Waals surface area contributed by atoms with Crippen molar-refractivity contribution < 1.29 is 42.3 Å². The van der Waals surface area contributed by atoms with Gasteiger partial charge in [-0.1, -0.05) is 54.6 Å². The quantitative estimate of drug-likeness (QED) is 0.152. The number of nitrogens with zero attached hydrogens (tertiary/aromatic N) is 2. The molecule has 0 saturated carbocycles. The molecule has 12 nitrogen and oxygen atoms in total. The number of rotatable bonds is 7. The van der Waals surface area contributed by atoms with Crippen molar-refractivity contribution in [2.45, 2.75) is 37.8 Å². The number of likely N-dealkylation sites (N-methyl/N-ethyl adjacent to an activating group) is 2. The lowest BCUT2D eigenvalue weighted by Gasteiger charge is -2.37. The third kappa shape index (κ3) is 8.70. The van der Waals surface area contributed by atoms with Gasteiger partial charge in [0.05, 0.1) is 48.0 Å². The highest BCUT2D eigenvalue weighted by atomic mass is 16.5. The Bertz CT molecular complexity index is 2970. The zero-order chi connectivity index (χ0) is 46.8. The number of ether oxygens (including phenoxy) is 8. The second kappa shape index (κ2) is 19.4. The molecule has 0 N–H and O–H groups in total. The molecule has 4 aliphatic rings. The van der Waals surface area contributed by atoms with Crippen LogP contribution in [0.25, 0.3) is 22.3 Å². The summed E-state index contributed by atoms with van der Waals surface area (Å²) in [6, 6.07) is 35.8. The summed E-state index contributed by atoms with van der Waals surface area (Å²) >= 11 is 0. The Kier molecular flexibility index (Phi) is 13.0. The second-order valence-corrected chi connectivity index (χ2v) is 16.9. The number of fused-ring (bicyclic) bond motifs is 3. The van der Waals surface area contributed by atoms with Crippen LogP contribution in [0.3, 0.4) is 0 Å². The van der Waals surface area contributed by atoms with Gasteiger partial charge in [0.15, 0.2) is 51.6 Å². The van der Waals surface area contributed by atoms with E-state index in [0.717, 1.165) is 61.2 Å². The Morgan fingerprint density at radius 2 is 1.19 bits per heavy atom. The molecule has 1 aromatic heterocycles. The summed E-state index contributed by atoms with van der Waals surface area (Å²) in [5.74, 6) is 6.53. The molecular weight excluding hydrogens is 849 g/mol. The third-order valence-corrected chi connectivity index (χ3v) is 13.1. The molecule has 0 amide bonds. The van der Waals surface area contributed by atoms with Gasteiger partial charge in [0.1, 0.15) is 5.75 Å². The standard InChI is InChI=1S/C38H42N2O6.C17H14O4/c1-39-15-13-25-20-32(42-4)34-22-28(25)29(39)17-23-7-10-27(11-8-23)45-33-19-24(9-12-31(33)41-3)18-30-36-26(14-16-40(30)2)21-35(43-5)37(44-6)38(36)46-34;1-19-13-10-6-9-12-14(18)17(20-2)15(21-16(12)13)11-7-4-3-5-8-11/h7-12,19-22,29-30H,13-18H2,1-6H3;3-10H,1-2H3. The summed E-state index contributed by atoms with van der Waals surface area (Å²) in [4.78, 5) is 17.4. The van der Waals surface area contributed by atoms with Crippen molar-refractivity contribution in [2.24, 2.45) is 0 Å². The van der Waals surface area contributed by atoms with Gasteiger partial charge in [-0.05, 0) is 122 Å². The van der Waals surface area contributed by atoms with Gasteiger partial charge in [-0.3, -0.25) is 14.6 Å². The first-order chi connectivity index (χ1) is 32.7. The molecule has 12 heteroatoms. The Labute approximate surface area is 391 Å². The molecule has 0 fully saturated rings. The largest absolute Gasteiger partial charge is 0.493 e. The Balaban J connectivity index is 0.000000223. The van der Waals surface area contributed by atoms with Gasteiger partial charge in [-0.15, -0.1) is 0 Å². The maximum absolute atomic E-state index is 12.6. The molecule has 5 heterocycles. The average Bonchev–Trinajstić information content (AvgIpc) is 3.36. The zero-order valence-corrected chi connectivity index (χ0v) is 39.3. The summed E-state index contributed by atoms with van der Waals surface area (Å²) in [7, 11) is 14.1. The van der Waals surface area contributed by atoms with Crippen molar-refractivity contribution in [1.82, 2.24) is 9.80 Å². The Hall–Kier alpha value is -7.15. The van der Waals surface area contributed by atoms with Crippen molar-refractivity contribution >= 4 is 11.0 Å². The van der Waals surface area contributed by atoms with Crippen molar-refractivity contribution in [3.8, 4) is 68.8 Å². The molecule has 2 atom stereocenters. The van der Waals surface area contributed by atoms with Gasteiger partial charge in [0.25, 0.3) is 0 Å². The summed E-state index contributed by atoms with van der Waals surface area (Å²) < 4.78 is 53.6. The number of methoxy groups -OCH3 is 6. The topological polar surface area (TPSA) is 111 Å². The fraction of sp³-hybridized carbons (Fsp3) is 0.291. The van der Waals surface area contributed by atoms with E-state index in [-0.39, 0.29) is 23.3 Å². The van der Waals surface area contributed by atoms with Crippen LogP contribution in [-0.4, -0.2) is 79.6 Å². The number of para-hydroxylation sites is 1. The van der Waals surface area contributed by atoms with E-state index in [2.05, 4.69) is 66.4 Å². The fourth-order valence-corrected chi connectivity index (χ4v) is 9.57. The molecule has 346 valence electrons. The lowest BCUT2D eigenvalue weighted by Crippen LogP contribution is -2.34. The monoisotopic (exact) mass is 904 g/mol. The van der Waals surface area contributed by atoms with Crippen LogP contribution in [-0.2, 0) is 25.7 Å². The molecule has 4 aliphatic heterocycles. The van der Waals surface area contributed by atoms with Gasteiger partial charge >= 0.3 is 0 Å². The lowest BCUT2D eigenvalue weighted by atomic mass is 9.87. The van der Waals surface area contributed by atoms with Crippen LogP contribution >= 0.6 is 0 Å². The van der Waals surface area contributed by atoms with E-state index in [0.29, 0.717) is 62.7 Å². The Morgan fingerprint density at radius 1 is 0.552 bits per heavy atom. The molecule has 11 rings (SSSR count). The molecule has 2 unspecified atom stereocenters. The maximum atomic E-state index is 12.6. The van der Waals surface area contributed by atoms with E-state index in [1.165, 1.54) is 29.4 Å². The SMILES string of the molecule is COc1c(-c2ccccc2)oc2c(OC)cccc2c1=O.COc1ccc2cc1Oc1ccc(cc1)CC1c3cc(c(OC)cc3CCN1C)Oc1c(OC)c(OC)cc3c1C(C2)N(C)CC3. The second-order valence-electron chi connectivity index (χ2n) is 16.9. The van der Waals surface area contributed by atoms with Gasteiger partial charge in [-0.25, -0.2) is 0 Å². The minimum Gasteiger partial charge on any atom is -0.493 e. The minimum absolute atomic E-state index is 0.000437. The van der Waals surface area contributed by atoms with E-state index in [9.17, 15) is 4.79 Å². The number of hydrogen-bond acceptors (Lipinski definition) is 12. The lowest BCUT2D eigenvalue weighted by molar-refractivity contribution is 0.220. The maximum Gasteiger partial charge on any atom is 0.235 e. The van der Waals surface area contributed by atoms with E-state index in [1.54, 1.807) is 53.7 Å². The predicted octanol–water partition coefficient (Wildman–Crippen LogP) is 10.6.